The lowest BCUT2D eigenvalue weighted by molar-refractivity contribution is 0.0172. The Labute approximate surface area is 149 Å². The van der Waals surface area contributed by atoms with Gasteiger partial charge in [-0.3, -0.25) is 0 Å². The Balaban J connectivity index is 1.54. The largest absolute Gasteiger partial charge is 0.388 e. The molecular formula is C18H16ClN3O3. The van der Waals surface area contributed by atoms with E-state index in [0.29, 0.717) is 18.2 Å². The third kappa shape index (κ3) is 2.45. The fraction of sp³-hybridized carbons (Fsp3) is 0.333. The van der Waals surface area contributed by atoms with Gasteiger partial charge in [-0.2, -0.15) is 0 Å². The summed E-state index contributed by atoms with van der Waals surface area (Å²) in [6.45, 7) is 0.795. The van der Waals surface area contributed by atoms with Crippen molar-refractivity contribution in [3.05, 3.63) is 47.7 Å². The number of aromatic nitrogens is 3. The second-order valence-electron chi connectivity index (χ2n) is 6.42. The molecule has 0 unspecified atom stereocenters. The lowest BCUT2D eigenvalue weighted by atomic mass is 10.1. The Bertz CT molecular complexity index is 944. The van der Waals surface area contributed by atoms with Crippen molar-refractivity contribution in [3.63, 3.8) is 0 Å². The summed E-state index contributed by atoms with van der Waals surface area (Å²) in [7, 11) is 0. The van der Waals surface area contributed by atoms with E-state index in [4.69, 9.17) is 26.1 Å². The van der Waals surface area contributed by atoms with E-state index in [1.807, 2.05) is 41.1 Å². The Morgan fingerprint density at radius 2 is 2.00 bits per heavy atom. The molecule has 1 N–H and O–H groups in total. The van der Waals surface area contributed by atoms with Crippen molar-refractivity contribution < 1.29 is 14.6 Å². The summed E-state index contributed by atoms with van der Waals surface area (Å²) < 4.78 is 13.5. The maximum atomic E-state index is 9.94. The molecule has 1 aromatic carbocycles. The van der Waals surface area contributed by atoms with Gasteiger partial charge < -0.3 is 19.1 Å². The van der Waals surface area contributed by atoms with E-state index >= 15 is 0 Å². The fourth-order valence-corrected chi connectivity index (χ4v) is 3.88. The summed E-state index contributed by atoms with van der Waals surface area (Å²) in [6, 6.07) is 9.53. The molecule has 0 spiro atoms. The molecule has 7 heteroatoms. The number of aliphatic hydroxyl groups is 1. The van der Waals surface area contributed by atoms with Crippen LogP contribution < -0.4 is 0 Å². The molecule has 6 nitrogen and oxygen atoms in total. The SMILES string of the molecule is O[C@@H]1CO[C@H]2[C@@H]1OC[C@H]2n1ccnc1-c1ccc2cc(Cl)ccc2n1. The molecule has 5 rings (SSSR count). The van der Waals surface area contributed by atoms with Crippen LogP contribution in [0.2, 0.25) is 5.02 Å². The Morgan fingerprint density at radius 3 is 2.92 bits per heavy atom. The second kappa shape index (κ2) is 5.78. The average molecular weight is 358 g/mol. The first-order valence-corrected chi connectivity index (χ1v) is 8.59. The number of nitrogens with zero attached hydrogens (tertiary/aromatic N) is 3. The number of benzene rings is 1. The van der Waals surface area contributed by atoms with Crippen LogP contribution in [0.4, 0.5) is 0 Å². The Kier molecular flexibility index (Phi) is 3.53. The minimum absolute atomic E-state index is 0.0256. The molecule has 2 saturated heterocycles. The molecule has 25 heavy (non-hydrogen) atoms. The molecule has 2 aliphatic rings. The molecule has 0 saturated carbocycles. The van der Waals surface area contributed by atoms with E-state index in [-0.39, 0.29) is 18.2 Å². The van der Waals surface area contributed by atoms with Gasteiger partial charge in [0.05, 0.1) is 24.8 Å². The van der Waals surface area contributed by atoms with Gasteiger partial charge >= 0.3 is 0 Å². The third-order valence-electron chi connectivity index (χ3n) is 4.91. The monoisotopic (exact) mass is 357 g/mol. The standard InChI is InChI=1S/C18H16ClN3O3/c19-11-2-4-12-10(7-11)1-3-13(21-12)18-20-5-6-22(18)14-8-24-17-15(23)9-25-16(14)17/h1-7,14-17,23H,8-9H2/t14-,15-,16-,17-/m1/s1. The highest BCUT2D eigenvalue weighted by molar-refractivity contribution is 6.31. The zero-order valence-corrected chi connectivity index (χ0v) is 14.0. The van der Waals surface area contributed by atoms with Crippen LogP contribution in [0.1, 0.15) is 6.04 Å². The first kappa shape index (κ1) is 15.3. The van der Waals surface area contributed by atoms with E-state index in [1.54, 1.807) is 6.20 Å². The van der Waals surface area contributed by atoms with Crippen LogP contribution in [0.25, 0.3) is 22.4 Å². The van der Waals surface area contributed by atoms with Crippen molar-refractivity contribution in [3.8, 4) is 11.5 Å². The van der Waals surface area contributed by atoms with Crippen molar-refractivity contribution >= 4 is 22.5 Å². The number of aliphatic hydroxyl groups excluding tert-OH is 1. The number of fused-ring (bicyclic) bond motifs is 2. The van der Waals surface area contributed by atoms with E-state index in [2.05, 4.69) is 4.98 Å². The first-order valence-electron chi connectivity index (χ1n) is 8.21. The number of pyridine rings is 1. The van der Waals surface area contributed by atoms with Crippen LogP contribution in [0.15, 0.2) is 42.7 Å². The highest BCUT2D eigenvalue weighted by atomic mass is 35.5. The maximum absolute atomic E-state index is 9.94. The molecule has 0 amide bonds. The first-order chi connectivity index (χ1) is 12.2. The average Bonchev–Trinajstić information content (AvgIpc) is 3.32. The van der Waals surface area contributed by atoms with E-state index in [9.17, 15) is 5.11 Å². The highest BCUT2D eigenvalue weighted by Crippen LogP contribution is 2.36. The number of imidazole rings is 1. The van der Waals surface area contributed by atoms with Crippen LogP contribution in [-0.4, -0.2) is 51.2 Å². The van der Waals surface area contributed by atoms with Crippen molar-refractivity contribution in [2.45, 2.75) is 24.4 Å². The van der Waals surface area contributed by atoms with Gasteiger partial charge in [-0.25, -0.2) is 9.97 Å². The second-order valence-corrected chi connectivity index (χ2v) is 6.86. The molecule has 128 valence electrons. The predicted octanol–water partition coefficient (Wildman–Crippen LogP) is 2.45. The lowest BCUT2D eigenvalue weighted by Crippen LogP contribution is -2.30. The van der Waals surface area contributed by atoms with Crippen LogP contribution in [0.3, 0.4) is 0 Å². The Morgan fingerprint density at radius 1 is 1.12 bits per heavy atom. The quantitative estimate of drug-likeness (QED) is 0.763. The van der Waals surface area contributed by atoms with E-state index in [0.717, 1.165) is 22.4 Å². The van der Waals surface area contributed by atoms with Crippen molar-refractivity contribution in [1.29, 1.82) is 0 Å². The Hall–Kier alpha value is -1.99. The molecule has 0 aliphatic carbocycles. The third-order valence-corrected chi connectivity index (χ3v) is 5.14. The molecule has 4 heterocycles. The van der Waals surface area contributed by atoms with Crippen LogP contribution in [0.5, 0.6) is 0 Å². The molecule has 2 aromatic heterocycles. The minimum atomic E-state index is -0.564. The smallest absolute Gasteiger partial charge is 0.159 e. The summed E-state index contributed by atoms with van der Waals surface area (Å²) in [5, 5.41) is 11.6. The molecule has 0 bridgehead atoms. The van der Waals surface area contributed by atoms with Crippen LogP contribution in [-0.2, 0) is 9.47 Å². The summed E-state index contributed by atoms with van der Waals surface area (Å²) in [4.78, 5) is 9.21. The van der Waals surface area contributed by atoms with Gasteiger partial charge in [0.1, 0.15) is 24.0 Å². The van der Waals surface area contributed by atoms with Gasteiger partial charge in [0.2, 0.25) is 0 Å². The topological polar surface area (TPSA) is 69.4 Å². The predicted molar refractivity (Wildman–Crippen MR) is 92.5 cm³/mol. The summed E-state index contributed by atoms with van der Waals surface area (Å²) in [5.41, 5.74) is 1.64. The summed E-state index contributed by atoms with van der Waals surface area (Å²) in [6.07, 6.45) is 2.66. The lowest BCUT2D eigenvalue weighted by Gasteiger charge is -2.19. The molecule has 0 radical (unpaired) electrons. The number of hydrogen-bond donors (Lipinski definition) is 1. The van der Waals surface area contributed by atoms with Crippen LogP contribution >= 0.6 is 11.6 Å². The fourth-order valence-electron chi connectivity index (χ4n) is 3.70. The molecule has 3 aromatic rings. The van der Waals surface area contributed by atoms with Gasteiger partial charge in [0.25, 0.3) is 0 Å². The van der Waals surface area contributed by atoms with Gasteiger partial charge in [-0.05, 0) is 24.3 Å². The summed E-state index contributed by atoms with van der Waals surface area (Å²) >= 11 is 6.04. The van der Waals surface area contributed by atoms with Gasteiger partial charge in [0.15, 0.2) is 5.82 Å². The van der Waals surface area contributed by atoms with Crippen molar-refractivity contribution in [2.75, 3.05) is 13.2 Å². The van der Waals surface area contributed by atoms with Crippen molar-refractivity contribution in [1.82, 2.24) is 14.5 Å². The minimum Gasteiger partial charge on any atom is -0.388 e. The van der Waals surface area contributed by atoms with Gasteiger partial charge in [-0.15, -0.1) is 0 Å². The van der Waals surface area contributed by atoms with E-state index in [1.165, 1.54) is 0 Å². The number of halogens is 1. The highest BCUT2D eigenvalue weighted by Gasteiger charge is 2.48. The van der Waals surface area contributed by atoms with E-state index < -0.39 is 6.10 Å². The number of rotatable bonds is 2. The molecular weight excluding hydrogens is 342 g/mol. The molecule has 2 aliphatic heterocycles. The van der Waals surface area contributed by atoms with Crippen LogP contribution in [0, 0.1) is 0 Å². The number of ether oxygens (including phenoxy) is 2. The molecule has 2 fully saturated rings. The zero-order valence-electron chi connectivity index (χ0n) is 13.2. The molecule has 4 atom stereocenters. The zero-order chi connectivity index (χ0) is 17.0. The van der Waals surface area contributed by atoms with Gasteiger partial charge in [0, 0.05) is 22.8 Å². The normalized spacial score (nSPS) is 28.6. The van der Waals surface area contributed by atoms with Crippen molar-refractivity contribution in [2.24, 2.45) is 0 Å². The van der Waals surface area contributed by atoms with Gasteiger partial charge in [-0.1, -0.05) is 17.7 Å². The summed E-state index contributed by atoms with van der Waals surface area (Å²) in [5.74, 6) is 0.760. The maximum Gasteiger partial charge on any atom is 0.159 e. The number of hydrogen-bond acceptors (Lipinski definition) is 5.